The van der Waals surface area contributed by atoms with Gasteiger partial charge in [-0.3, -0.25) is 15.1 Å². The quantitative estimate of drug-likeness (QED) is 0.599. The molecular formula is C21H17FN4O. The van der Waals surface area contributed by atoms with E-state index in [2.05, 4.69) is 15.3 Å². The van der Waals surface area contributed by atoms with Crippen molar-refractivity contribution in [2.75, 3.05) is 5.32 Å². The van der Waals surface area contributed by atoms with Crippen molar-refractivity contribution in [3.8, 4) is 11.3 Å². The fourth-order valence-electron chi connectivity index (χ4n) is 3.07. The van der Waals surface area contributed by atoms with Gasteiger partial charge in [-0.25, -0.2) is 9.37 Å². The second-order valence-corrected chi connectivity index (χ2v) is 6.25. The third-order valence-corrected chi connectivity index (χ3v) is 4.45. The molecule has 0 aliphatic heterocycles. The second kappa shape index (κ2) is 6.99. The van der Waals surface area contributed by atoms with Gasteiger partial charge in [0.25, 0.3) is 0 Å². The molecule has 1 N–H and O–H groups in total. The number of para-hydroxylation sites is 1. The van der Waals surface area contributed by atoms with E-state index in [1.54, 1.807) is 36.1 Å². The van der Waals surface area contributed by atoms with Gasteiger partial charge >= 0.3 is 0 Å². The molecule has 0 fully saturated rings. The van der Waals surface area contributed by atoms with Crippen LogP contribution in [0.2, 0.25) is 0 Å². The average Bonchev–Trinajstić information content (AvgIpc) is 3.03. The van der Waals surface area contributed by atoms with E-state index in [1.165, 1.54) is 12.1 Å². The Balaban J connectivity index is 1.54. The van der Waals surface area contributed by atoms with Crippen LogP contribution < -0.4 is 5.32 Å². The van der Waals surface area contributed by atoms with Crippen LogP contribution in [0.15, 0.2) is 67.0 Å². The van der Waals surface area contributed by atoms with E-state index in [-0.39, 0.29) is 18.1 Å². The Morgan fingerprint density at radius 3 is 2.67 bits per heavy atom. The van der Waals surface area contributed by atoms with Crippen molar-refractivity contribution in [1.29, 1.82) is 0 Å². The van der Waals surface area contributed by atoms with Gasteiger partial charge in [-0.05, 0) is 35.9 Å². The number of rotatable bonds is 4. The Labute approximate surface area is 155 Å². The van der Waals surface area contributed by atoms with Crippen molar-refractivity contribution >= 4 is 22.8 Å². The Morgan fingerprint density at radius 2 is 1.85 bits per heavy atom. The molecule has 0 saturated carbocycles. The van der Waals surface area contributed by atoms with Gasteiger partial charge in [0.05, 0.1) is 23.8 Å². The molecule has 0 saturated heterocycles. The van der Waals surface area contributed by atoms with Crippen molar-refractivity contribution in [3.05, 3.63) is 78.4 Å². The SMILES string of the molecule is Cn1c(-c2ccc(F)cc2)cnc1NC(=O)Cc1cccc2cccnc12. The summed E-state index contributed by atoms with van der Waals surface area (Å²) in [5.41, 5.74) is 3.29. The molecule has 2 aromatic heterocycles. The highest BCUT2D eigenvalue weighted by molar-refractivity contribution is 5.94. The number of amides is 1. The highest BCUT2D eigenvalue weighted by Gasteiger charge is 2.13. The molecule has 0 bridgehead atoms. The van der Waals surface area contributed by atoms with Crippen molar-refractivity contribution in [2.45, 2.75) is 6.42 Å². The van der Waals surface area contributed by atoms with Crippen LogP contribution in [-0.4, -0.2) is 20.4 Å². The molecule has 1 amide bonds. The van der Waals surface area contributed by atoms with Crippen LogP contribution in [0.25, 0.3) is 22.2 Å². The molecule has 134 valence electrons. The highest BCUT2D eigenvalue weighted by Crippen LogP contribution is 2.22. The van der Waals surface area contributed by atoms with Crippen LogP contribution in [-0.2, 0) is 18.3 Å². The monoisotopic (exact) mass is 360 g/mol. The highest BCUT2D eigenvalue weighted by atomic mass is 19.1. The molecule has 0 spiro atoms. The summed E-state index contributed by atoms with van der Waals surface area (Å²) in [7, 11) is 1.81. The maximum absolute atomic E-state index is 13.1. The number of imidazole rings is 1. The molecule has 27 heavy (non-hydrogen) atoms. The lowest BCUT2D eigenvalue weighted by atomic mass is 10.1. The minimum atomic E-state index is -0.293. The number of nitrogens with zero attached hydrogens (tertiary/aromatic N) is 3. The van der Waals surface area contributed by atoms with E-state index < -0.39 is 0 Å². The molecular weight excluding hydrogens is 343 g/mol. The summed E-state index contributed by atoms with van der Waals surface area (Å²) in [5, 5.41) is 3.83. The summed E-state index contributed by atoms with van der Waals surface area (Å²) in [6.45, 7) is 0. The lowest BCUT2D eigenvalue weighted by Gasteiger charge is -2.09. The fraction of sp³-hybridized carbons (Fsp3) is 0.0952. The topological polar surface area (TPSA) is 59.8 Å². The Morgan fingerprint density at radius 1 is 1.07 bits per heavy atom. The number of aromatic nitrogens is 3. The van der Waals surface area contributed by atoms with Gasteiger partial charge in [0.15, 0.2) is 0 Å². The van der Waals surface area contributed by atoms with Gasteiger partial charge in [0.1, 0.15) is 5.82 Å². The normalized spacial score (nSPS) is 10.9. The minimum absolute atomic E-state index is 0.174. The molecule has 0 aliphatic carbocycles. The Kier molecular flexibility index (Phi) is 4.38. The van der Waals surface area contributed by atoms with E-state index in [0.717, 1.165) is 27.7 Å². The standard InChI is InChI=1S/C21H17FN4O/c1-26-18(14-7-9-17(22)10-8-14)13-24-21(26)25-19(27)12-16-5-2-4-15-6-3-11-23-20(15)16/h2-11,13H,12H2,1H3,(H,24,25,27). The average molecular weight is 360 g/mol. The van der Waals surface area contributed by atoms with Crippen LogP contribution in [0, 0.1) is 5.82 Å². The number of benzene rings is 2. The fourth-order valence-corrected chi connectivity index (χ4v) is 3.07. The maximum atomic E-state index is 13.1. The first-order chi connectivity index (χ1) is 13.1. The molecule has 4 aromatic rings. The second-order valence-electron chi connectivity index (χ2n) is 6.25. The molecule has 0 aliphatic rings. The number of anilines is 1. The summed E-state index contributed by atoms with van der Waals surface area (Å²) in [5.74, 6) is -0.0295. The van der Waals surface area contributed by atoms with E-state index in [0.29, 0.717) is 5.95 Å². The summed E-state index contributed by atoms with van der Waals surface area (Å²) in [6, 6.07) is 15.8. The summed E-state index contributed by atoms with van der Waals surface area (Å²) in [4.78, 5) is 21.2. The van der Waals surface area contributed by atoms with E-state index in [1.807, 2.05) is 30.3 Å². The molecule has 2 heterocycles. The predicted molar refractivity (Wildman–Crippen MR) is 103 cm³/mol. The molecule has 5 nitrogen and oxygen atoms in total. The lowest BCUT2D eigenvalue weighted by molar-refractivity contribution is -0.115. The molecule has 6 heteroatoms. The van der Waals surface area contributed by atoms with Gasteiger partial charge in [-0.2, -0.15) is 0 Å². The summed E-state index contributed by atoms with van der Waals surface area (Å²) < 4.78 is 14.9. The minimum Gasteiger partial charge on any atom is -0.313 e. The van der Waals surface area contributed by atoms with E-state index >= 15 is 0 Å². The summed E-state index contributed by atoms with van der Waals surface area (Å²) >= 11 is 0. The largest absolute Gasteiger partial charge is 0.313 e. The number of carbonyl (C=O) groups is 1. The zero-order valence-electron chi connectivity index (χ0n) is 14.7. The van der Waals surface area contributed by atoms with Crippen molar-refractivity contribution < 1.29 is 9.18 Å². The van der Waals surface area contributed by atoms with Crippen LogP contribution >= 0.6 is 0 Å². The third-order valence-electron chi connectivity index (χ3n) is 4.45. The predicted octanol–water partition coefficient (Wildman–Crippen LogP) is 3.96. The molecule has 4 rings (SSSR count). The third kappa shape index (κ3) is 3.42. The van der Waals surface area contributed by atoms with Crippen LogP contribution in [0.5, 0.6) is 0 Å². The number of pyridine rings is 1. The maximum Gasteiger partial charge on any atom is 0.231 e. The number of hydrogen-bond acceptors (Lipinski definition) is 3. The zero-order valence-corrected chi connectivity index (χ0v) is 14.7. The number of carbonyl (C=O) groups excluding carboxylic acids is 1. The number of nitrogens with one attached hydrogen (secondary N) is 1. The summed E-state index contributed by atoms with van der Waals surface area (Å²) in [6.07, 6.45) is 3.58. The van der Waals surface area contributed by atoms with Gasteiger partial charge in [-0.1, -0.05) is 24.3 Å². The van der Waals surface area contributed by atoms with Crippen LogP contribution in [0.1, 0.15) is 5.56 Å². The van der Waals surface area contributed by atoms with Gasteiger partial charge in [-0.15, -0.1) is 0 Å². The van der Waals surface area contributed by atoms with Crippen LogP contribution in [0.3, 0.4) is 0 Å². The molecule has 2 aromatic carbocycles. The number of hydrogen-bond donors (Lipinski definition) is 1. The Bertz CT molecular complexity index is 1110. The van der Waals surface area contributed by atoms with E-state index in [9.17, 15) is 9.18 Å². The Hall–Kier alpha value is -3.54. The van der Waals surface area contributed by atoms with Crippen molar-refractivity contribution in [2.24, 2.45) is 7.05 Å². The number of halogens is 1. The first kappa shape index (κ1) is 16.9. The molecule has 0 radical (unpaired) electrons. The molecule has 0 unspecified atom stereocenters. The first-order valence-corrected chi connectivity index (χ1v) is 8.52. The zero-order chi connectivity index (χ0) is 18.8. The first-order valence-electron chi connectivity index (χ1n) is 8.52. The van der Waals surface area contributed by atoms with Gasteiger partial charge < -0.3 is 4.57 Å². The number of fused-ring (bicyclic) bond motifs is 1. The lowest BCUT2D eigenvalue weighted by Crippen LogP contribution is -2.17. The van der Waals surface area contributed by atoms with Crippen molar-refractivity contribution in [1.82, 2.24) is 14.5 Å². The van der Waals surface area contributed by atoms with Gasteiger partial charge in [0.2, 0.25) is 11.9 Å². The van der Waals surface area contributed by atoms with E-state index in [4.69, 9.17) is 0 Å². The van der Waals surface area contributed by atoms with Crippen molar-refractivity contribution in [3.63, 3.8) is 0 Å². The smallest absolute Gasteiger partial charge is 0.231 e. The molecule has 0 atom stereocenters. The van der Waals surface area contributed by atoms with Crippen LogP contribution in [0.4, 0.5) is 10.3 Å². The van der Waals surface area contributed by atoms with Gasteiger partial charge in [0, 0.05) is 24.2 Å².